The van der Waals surface area contributed by atoms with Crippen LogP contribution in [0.4, 0.5) is 5.69 Å². The molecule has 0 radical (unpaired) electrons. The molecule has 1 aliphatic carbocycles. The number of anilines is 1. The number of rotatable bonds is 0. The molecule has 90 valence electrons. The minimum Gasteiger partial charge on any atom is -0.362 e. The Labute approximate surface area is 102 Å². The average Bonchev–Trinajstić information content (AvgIpc) is 2.34. The van der Waals surface area contributed by atoms with E-state index in [0.717, 1.165) is 30.0 Å². The summed E-state index contributed by atoms with van der Waals surface area (Å²) in [5.74, 6) is 0.838. The molecule has 1 amide bonds. The third kappa shape index (κ3) is 1.79. The maximum absolute atomic E-state index is 12.1. The average molecular weight is 230 g/mol. The van der Waals surface area contributed by atoms with E-state index in [-0.39, 0.29) is 11.6 Å². The van der Waals surface area contributed by atoms with Gasteiger partial charge >= 0.3 is 0 Å². The van der Waals surface area contributed by atoms with Crippen LogP contribution in [0.1, 0.15) is 43.0 Å². The number of amides is 1. The Morgan fingerprint density at radius 2 is 1.88 bits per heavy atom. The van der Waals surface area contributed by atoms with Crippen molar-refractivity contribution in [2.75, 3.05) is 5.32 Å². The first kappa shape index (κ1) is 10.6. The molecule has 1 aromatic carbocycles. The van der Waals surface area contributed by atoms with Crippen molar-refractivity contribution in [3.63, 3.8) is 0 Å². The van der Waals surface area contributed by atoms with Crippen LogP contribution in [-0.4, -0.2) is 11.6 Å². The van der Waals surface area contributed by atoms with Crippen molar-refractivity contribution in [3.8, 4) is 0 Å². The zero-order chi connectivity index (χ0) is 11.9. The summed E-state index contributed by atoms with van der Waals surface area (Å²) in [6.45, 7) is 2.28. The molecule has 0 unspecified atom stereocenters. The highest BCUT2D eigenvalue weighted by Gasteiger charge is 2.39. The van der Waals surface area contributed by atoms with Gasteiger partial charge in [0.25, 0.3) is 5.91 Å². The van der Waals surface area contributed by atoms with E-state index in [1.807, 2.05) is 24.3 Å². The number of carbonyl (C=O) groups excluding carboxylic acids is 1. The molecule has 1 aromatic rings. The monoisotopic (exact) mass is 230 g/mol. The van der Waals surface area contributed by atoms with E-state index < -0.39 is 0 Å². The second kappa shape index (κ2) is 3.76. The first-order valence-corrected chi connectivity index (χ1v) is 6.38. The van der Waals surface area contributed by atoms with Crippen LogP contribution in [0.5, 0.6) is 0 Å². The van der Waals surface area contributed by atoms with Gasteiger partial charge in [0.05, 0.1) is 5.56 Å². The Balaban J connectivity index is 1.91. The Kier molecular flexibility index (Phi) is 2.35. The van der Waals surface area contributed by atoms with Gasteiger partial charge in [-0.1, -0.05) is 19.1 Å². The topological polar surface area (TPSA) is 41.1 Å². The number of hydrogen-bond donors (Lipinski definition) is 2. The Morgan fingerprint density at radius 3 is 2.65 bits per heavy atom. The van der Waals surface area contributed by atoms with Gasteiger partial charge in [-0.05, 0) is 43.7 Å². The summed E-state index contributed by atoms with van der Waals surface area (Å²) >= 11 is 0. The molecule has 0 aromatic heterocycles. The van der Waals surface area contributed by atoms with Crippen molar-refractivity contribution >= 4 is 11.6 Å². The van der Waals surface area contributed by atoms with E-state index in [4.69, 9.17) is 0 Å². The van der Waals surface area contributed by atoms with Crippen LogP contribution in [0.3, 0.4) is 0 Å². The Hall–Kier alpha value is -1.51. The van der Waals surface area contributed by atoms with Crippen LogP contribution < -0.4 is 10.6 Å². The van der Waals surface area contributed by atoms with Crippen molar-refractivity contribution in [3.05, 3.63) is 29.8 Å². The predicted molar refractivity (Wildman–Crippen MR) is 67.9 cm³/mol. The maximum Gasteiger partial charge on any atom is 0.255 e. The van der Waals surface area contributed by atoms with Gasteiger partial charge in [0, 0.05) is 5.69 Å². The smallest absolute Gasteiger partial charge is 0.255 e. The lowest BCUT2D eigenvalue weighted by molar-refractivity contribution is 0.0863. The van der Waals surface area contributed by atoms with Crippen molar-refractivity contribution in [1.82, 2.24) is 5.32 Å². The summed E-state index contributed by atoms with van der Waals surface area (Å²) in [7, 11) is 0. The lowest BCUT2D eigenvalue weighted by Crippen LogP contribution is -2.59. The van der Waals surface area contributed by atoms with Crippen LogP contribution in [-0.2, 0) is 0 Å². The normalized spacial score (nSPS) is 31.6. The summed E-state index contributed by atoms with van der Waals surface area (Å²) in [6, 6.07) is 7.74. The molecular weight excluding hydrogens is 212 g/mol. The fourth-order valence-corrected chi connectivity index (χ4v) is 2.87. The summed E-state index contributed by atoms with van der Waals surface area (Å²) in [5, 5.41) is 6.69. The highest BCUT2D eigenvalue weighted by atomic mass is 16.2. The molecule has 1 fully saturated rings. The van der Waals surface area contributed by atoms with Gasteiger partial charge in [0.1, 0.15) is 5.66 Å². The SMILES string of the molecule is CC1CCC2(CC1)NC(=O)c1ccccc1N2. The second-order valence-corrected chi connectivity index (χ2v) is 5.39. The van der Waals surface area contributed by atoms with Gasteiger partial charge < -0.3 is 10.6 Å². The zero-order valence-corrected chi connectivity index (χ0v) is 10.1. The lowest BCUT2D eigenvalue weighted by atomic mass is 9.81. The van der Waals surface area contributed by atoms with Gasteiger partial charge in [-0.15, -0.1) is 0 Å². The molecule has 1 spiro atoms. The van der Waals surface area contributed by atoms with Gasteiger partial charge in [-0.25, -0.2) is 0 Å². The van der Waals surface area contributed by atoms with Gasteiger partial charge in [-0.2, -0.15) is 0 Å². The molecule has 1 saturated carbocycles. The van der Waals surface area contributed by atoms with Crippen molar-refractivity contribution < 1.29 is 4.79 Å². The van der Waals surface area contributed by atoms with Crippen molar-refractivity contribution in [2.24, 2.45) is 5.92 Å². The van der Waals surface area contributed by atoms with E-state index in [1.165, 1.54) is 12.8 Å². The zero-order valence-electron chi connectivity index (χ0n) is 10.1. The van der Waals surface area contributed by atoms with E-state index in [9.17, 15) is 4.79 Å². The minimum absolute atomic E-state index is 0.0638. The molecule has 0 saturated heterocycles. The van der Waals surface area contributed by atoms with Gasteiger partial charge in [-0.3, -0.25) is 4.79 Å². The number of para-hydroxylation sites is 1. The summed E-state index contributed by atoms with van der Waals surface area (Å²) < 4.78 is 0. The third-order valence-electron chi connectivity index (χ3n) is 4.03. The number of hydrogen-bond acceptors (Lipinski definition) is 2. The van der Waals surface area contributed by atoms with Gasteiger partial charge in [0.15, 0.2) is 0 Å². The molecule has 3 nitrogen and oxygen atoms in total. The first-order chi connectivity index (χ1) is 8.19. The molecule has 2 N–H and O–H groups in total. The highest BCUT2D eigenvalue weighted by molar-refractivity contribution is 6.02. The highest BCUT2D eigenvalue weighted by Crippen LogP contribution is 2.36. The molecular formula is C14H18N2O. The van der Waals surface area contributed by atoms with Crippen LogP contribution in [0.15, 0.2) is 24.3 Å². The molecule has 0 atom stereocenters. The molecule has 1 aliphatic heterocycles. The quantitative estimate of drug-likeness (QED) is 0.719. The predicted octanol–water partition coefficient (Wildman–Crippen LogP) is 2.75. The Bertz CT molecular complexity index is 447. The number of carbonyl (C=O) groups is 1. The standard InChI is InChI=1S/C14H18N2O/c1-10-6-8-14(9-7-10)15-12-5-3-2-4-11(12)13(17)16-14/h2-5,10,15H,6-9H2,1H3,(H,16,17). The molecule has 17 heavy (non-hydrogen) atoms. The van der Waals surface area contributed by atoms with Crippen molar-refractivity contribution in [1.29, 1.82) is 0 Å². The van der Waals surface area contributed by atoms with Crippen LogP contribution in [0.2, 0.25) is 0 Å². The summed E-state index contributed by atoms with van der Waals surface area (Å²) in [4.78, 5) is 12.1. The summed E-state index contributed by atoms with van der Waals surface area (Å²) in [6.07, 6.45) is 4.40. The van der Waals surface area contributed by atoms with E-state index >= 15 is 0 Å². The number of nitrogens with one attached hydrogen (secondary N) is 2. The van der Waals surface area contributed by atoms with Crippen molar-refractivity contribution in [2.45, 2.75) is 38.3 Å². The molecule has 2 aliphatic rings. The largest absolute Gasteiger partial charge is 0.362 e. The lowest BCUT2D eigenvalue weighted by Gasteiger charge is -2.44. The molecule has 1 heterocycles. The minimum atomic E-state index is -0.196. The first-order valence-electron chi connectivity index (χ1n) is 6.38. The second-order valence-electron chi connectivity index (χ2n) is 5.39. The van der Waals surface area contributed by atoms with E-state index in [2.05, 4.69) is 17.6 Å². The summed E-state index contributed by atoms with van der Waals surface area (Å²) in [5.41, 5.74) is 1.54. The van der Waals surface area contributed by atoms with E-state index in [1.54, 1.807) is 0 Å². The van der Waals surface area contributed by atoms with Crippen LogP contribution in [0.25, 0.3) is 0 Å². The van der Waals surface area contributed by atoms with Crippen LogP contribution in [0, 0.1) is 5.92 Å². The molecule has 0 bridgehead atoms. The number of benzene rings is 1. The Morgan fingerprint density at radius 1 is 1.18 bits per heavy atom. The maximum atomic E-state index is 12.1. The molecule has 3 heteroatoms. The van der Waals surface area contributed by atoms with Crippen LogP contribution >= 0.6 is 0 Å². The number of fused-ring (bicyclic) bond motifs is 1. The van der Waals surface area contributed by atoms with E-state index in [0.29, 0.717) is 0 Å². The fourth-order valence-electron chi connectivity index (χ4n) is 2.87. The van der Waals surface area contributed by atoms with Gasteiger partial charge in [0.2, 0.25) is 0 Å². The fraction of sp³-hybridized carbons (Fsp3) is 0.500. The molecule has 3 rings (SSSR count). The third-order valence-corrected chi connectivity index (χ3v) is 4.03.